The van der Waals surface area contributed by atoms with Crippen LogP contribution in [0.3, 0.4) is 0 Å². The third-order valence-electron chi connectivity index (χ3n) is 3.06. The third kappa shape index (κ3) is 2.44. The molecule has 1 fully saturated rings. The van der Waals surface area contributed by atoms with Crippen molar-refractivity contribution in [2.24, 2.45) is 0 Å². The molecule has 1 aliphatic rings. The number of nitrogens with zero attached hydrogens (tertiary/aromatic N) is 1. The van der Waals surface area contributed by atoms with Gasteiger partial charge in [0.1, 0.15) is 5.60 Å². The van der Waals surface area contributed by atoms with Crippen molar-refractivity contribution in [2.45, 2.75) is 19.4 Å². The number of benzene rings is 1. The van der Waals surface area contributed by atoms with Gasteiger partial charge in [0.25, 0.3) is 0 Å². The maximum atomic E-state index is 11.9. The average molecular weight is 269 g/mol. The molecule has 0 bridgehead atoms. The average Bonchev–Trinajstić information content (AvgIpc) is 2.59. The van der Waals surface area contributed by atoms with E-state index in [0.717, 1.165) is 11.3 Å². The van der Waals surface area contributed by atoms with Crippen LogP contribution in [-0.2, 0) is 4.74 Å². The molecule has 1 unspecified atom stereocenters. The Morgan fingerprint density at radius 3 is 2.89 bits per heavy atom. The first-order valence-electron chi connectivity index (χ1n) is 5.86. The van der Waals surface area contributed by atoms with E-state index in [4.69, 9.17) is 16.3 Å². The van der Waals surface area contributed by atoms with Crippen molar-refractivity contribution >= 4 is 23.4 Å². The van der Waals surface area contributed by atoms with Crippen molar-refractivity contribution in [2.75, 3.05) is 25.0 Å². The molecule has 2 rings (SSSR count). The predicted molar refractivity (Wildman–Crippen MR) is 72.3 cm³/mol. The summed E-state index contributed by atoms with van der Waals surface area (Å²) in [5.74, 6) is 0. The second kappa shape index (κ2) is 4.78. The molecule has 5 heteroatoms. The van der Waals surface area contributed by atoms with E-state index in [1.54, 1.807) is 11.0 Å². The van der Waals surface area contributed by atoms with Crippen LogP contribution in [0.4, 0.5) is 10.5 Å². The van der Waals surface area contributed by atoms with Gasteiger partial charge in [-0.15, -0.1) is 0 Å². The molecule has 4 nitrogen and oxygen atoms in total. The molecule has 1 aromatic rings. The number of hydrogen-bond acceptors (Lipinski definition) is 3. The lowest BCUT2D eigenvalue weighted by atomic mass is 10.1. The van der Waals surface area contributed by atoms with Gasteiger partial charge >= 0.3 is 6.09 Å². The summed E-state index contributed by atoms with van der Waals surface area (Å²) in [6, 6.07) is 5.58. The fraction of sp³-hybridized carbons (Fsp3) is 0.462. The van der Waals surface area contributed by atoms with Crippen molar-refractivity contribution in [1.82, 2.24) is 5.32 Å². The number of anilines is 1. The van der Waals surface area contributed by atoms with E-state index in [1.165, 1.54) is 0 Å². The highest BCUT2D eigenvalue weighted by molar-refractivity contribution is 6.31. The number of halogens is 1. The van der Waals surface area contributed by atoms with E-state index >= 15 is 0 Å². The molecule has 1 atom stereocenters. The summed E-state index contributed by atoms with van der Waals surface area (Å²) >= 11 is 6.08. The molecule has 0 saturated carbocycles. The predicted octanol–water partition coefficient (Wildman–Crippen LogP) is 2.58. The first kappa shape index (κ1) is 13.2. The van der Waals surface area contributed by atoms with E-state index in [2.05, 4.69) is 5.32 Å². The summed E-state index contributed by atoms with van der Waals surface area (Å²) in [6.45, 7) is 4.98. The SMILES string of the molecule is CNCC1(C)CN(c2ccc(C)c(Cl)c2)C(=O)O1. The lowest BCUT2D eigenvalue weighted by Crippen LogP contribution is -2.40. The molecule has 0 radical (unpaired) electrons. The largest absolute Gasteiger partial charge is 0.440 e. The third-order valence-corrected chi connectivity index (χ3v) is 3.47. The lowest BCUT2D eigenvalue weighted by Gasteiger charge is -2.21. The number of nitrogens with one attached hydrogen (secondary N) is 1. The van der Waals surface area contributed by atoms with Crippen molar-refractivity contribution in [3.05, 3.63) is 28.8 Å². The van der Waals surface area contributed by atoms with Crippen LogP contribution in [-0.4, -0.2) is 31.8 Å². The Kier molecular flexibility index (Phi) is 3.50. The van der Waals surface area contributed by atoms with Crippen LogP contribution in [0.5, 0.6) is 0 Å². The number of carbonyl (C=O) groups is 1. The van der Waals surface area contributed by atoms with Crippen LogP contribution in [0.1, 0.15) is 12.5 Å². The molecule has 1 aliphatic heterocycles. The molecule has 0 spiro atoms. The molecule has 1 amide bonds. The highest BCUT2D eigenvalue weighted by Gasteiger charge is 2.41. The fourth-order valence-corrected chi connectivity index (χ4v) is 2.28. The van der Waals surface area contributed by atoms with Gasteiger partial charge in [-0.05, 0) is 38.6 Å². The van der Waals surface area contributed by atoms with Crippen molar-refractivity contribution in [3.63, 3.8) is 0 Å². The Hall–Kier alpha value is -1.26. The zero-order valence-corrected chi connectivity index (χ0v) is 11.5. The molecule has 0 aliphatic carbocycles. The number of carbonyl (C=O) groups excluding carboxylic acids is 1. The summed E-state index contributed by atoms with van der Waals surface area (Å²) in [4.78, 5) is 13.5. The second-order valence-corrected chi connectivity index (χ2v) is 5.28. The molecular formula is C13H17ClN2O2. The number of ether oxygens (including phenoxy) is 1. The molecular weight excluding hydrogens is 252 g/mol. The molecule has 18 heavy (non-hydrogen) atoms. The smallest absolute Gasteiger partial charge is 0.415 e. The molecule has 1 N–H and O–H groups in total. The molecule has 1 aromatic carbocycles. The number of hydrogen-bond donors (Lipinski definition) is 1. The number of amides is 1. The van der Waals surface area contributed by atoms with Gasteiger partial charge in [0.2, 0.25) is 0 Å². The van der Waals surface area contributed by atoms with Gasteiger partial charge < -0.3 is 10.1 Å². The number of rotatable bonds is 3. The van der Waals surface area contributed by atoms with Gasteiger partial charge in [-0.2, -0.15) is 0 Å². The highest BCUT2D eigenvalue weighted by atomic mass is 35.5. The van der Waals surface area contributed by atoms with Crippen molar-refractivity contribution < 1.29 is 9.53 Å². The van der Waals surface area contributed by atoms with Gasteiger partial charge in [0.05, 0.1) is 6.54 Å². The zero-order chi connectivity index (χ0) is 13.3. The Labute approximate surface area is 112 Å². The standard InChI is InChI=1S/C13H17ClN2O2/c1-9-4-5-10(6-11(9)14)16-8-13(2,7-15-3)18-12(16)17/h4-6,15H,7-8H2,1-3H3. The quantitative estimate of drug-likeness (QED) is 0.916. The summed E-state index contributed by atoms with van der Waals surface area (Å²) in [7, 11) is 1.84. The van der Waals surface area contributed by atoms with Gasteiger partial charge in [-0.3, -0.25) is 4.90 Å². The monoisotopic (exact) mass is 268 g/mol. The Balaban J connectivity index is 2.24. The van der Waals surface area contributed by atoms with Crippen LogP contribution in [0, 0.1) is 6.92 Å². The number of aryl methyl sites for hydroxylation is 1. The summed E-state index contributed by atoms with van der Waals surface area (Å²) in [5.41, 5.74) is 1.27. The Bertz CT molecular complexity index is 478. The Morgan fingerprint density at radius 2 is 2.28 bits per heavy atom. The van der Waals surface area contributed by atoms with Crippen LogP contribution in [0.25, 0.3) is 0 Å². The fourth-order valence-electron chi connectivity index (χ4n) is 2.11. The van der Waals surface area contributed by atoms with E-state index in [-0.39, 0.29) is 6.09 Å². The Morgan fingerprint density at radius 1 is 1.56 bits per heavy atom. The van der Waals surface area contributed by atoms with Crippen LogP contribution in [0.15, 0.2) is 18.2 Å². The van der Waals surface area contributed by atoms with Crippen molar-refractivity contribution in [3.8, 4) is 0 Å². The second-order valence-electron chi connectivity index (χ2n) is 4.87. The minimum absolute atomic E-state index is 0.326. The van der Waals surface area contributed by atoms with Crippen LogP contribution in [0.2, 0.25) is 5.02 Å². The normalized spacial score (nSPS) is 23.3. The van der Waals surface area contributed by atoms with E-state index in [1.807, 2.05) is 33.0 Å². The lowest BCUT2D eigenvalue weighted by molar-refractivity contribution is 0.0734. The van der Waals surface area contributed by atoms with Gasteiger partial charge in [-0.25, -0.2) is 4.79 Å². The van der Waals surface area contributed by atoms with E-state index < -0.39 is 5.60 Å². The maximum absolute atomic E-state index is 11.9. The highest BCUT2D eigenvalue weighted by Crippen LogP contribution is 2.30. The molecule has 1 heterocycles. The first-order valence-corrected chi connectivity index (χ1v) is 6.24. The number of cyclic esters (lactones) is 1. The van der Waals surface area contributed by atoms with E-state index in [0.29, 0.717) is 18.1 Å². The summed E-state index contributed by atoms with van der Waals surface area (Å²) in [6.07, 6.45) is -0.326. The van der Waals surface area contributed by atoms with E-state index in [9.17, 15) is 4.79 Å². The van der Waals surface area contributed by atoms with Gasteiger partial charge in [-0.1, -0.05) is 17.7 Å². The summed E-state index contributed by atoms with van der Waals surface area (Å²) in [5, 5.41) is 3.69. The van der Waals surface area contributed by atoms with Gasteiger partial charge in [0, 0.05) is 17.3 Å². The van der Waals surface area contributed by atoms with Crippen LogP contribution < -0.4 is 10.2 Å². The zero-order valence-electron chi connectivity index (χ0n) is 10.8. The minimum atomic E-state index is -0.497. The van der Waals surface area contributed by atoms with Gasteiger partial charge in [0.15, 0.2) is 0 Å². The van der Waals surface area contributed by atoms with Crippen molar-refractivity contribution in [1.29, 1.82) is 0 Å². The molecule has 1 saturated heterocycles. The number of likely N-dealkylation sites (N-methyl/N-ethyl adjacent to an activating group) is 1. The van der Waals surface area contributed by atoms with Crippen LogP contribution >= 0.6 is 11.6 Å². The summed E-state index contributed by atoms with van der Waals surface area (Å²) < 4.78 is 5.41. The topological polar surface area (TPSA) is 41.6 Å². The first-order chi connectivity index (χ1) is 8.45. The minimum Gasteiger partial charge on any atom is -0.440 e. The molecule has 98 valence electrons. The molecule has 0 aromatic heterocycles. The maximum Gasteiger partial charge on any atom is 0.415 e.